The fourth-order valence-corrected chi connectivity index (χ4v) is 1.04. The molecule has 0 aromatic carbocycles. The number of halogens is 3. The van der Waals surface area contributed by atoms with Gasteiger partial charge in [-0.1, -0.05) is 6.08 Å². The van der Waals surface area contributed by atoms with Crippen molar-refractivity contribution < 1.29 is 27.9 Å². The molecule has 8 heteroatoms. The van der Waals surface area contributed by atoms with Gasteiger partial charge in [0.2, 0.25) is 0 Å². The summed E-state index contributed by atoms with van der Waals surface area (Å²) in [5.41, 5.74) is 0. The van der Waals surface area contributed by atoms with Crippen LogP contribution in [0.3, 0.4) is 0 Å². The first-order valence-electron chi connectivity index (χ1n) is 5.09. The third-order valence-electron chi connectivity index (χ3n) is 2.08. The molecule has 0 aliphatic heterocycles. The lowest BCUT2D eigenvalue weighted by atomic mass is 10.2. The second-order valence-corrected chi connectivity index (χ2v) is 3.65. The zero-order valence-electron chi connectivity index (χ0n) is 9.83. The number of aliphatic carboxylic acids is 1. The average molecular weight is 268 g/mol. The molecule has 0 aliphatic rings. The lowest BCUT2D eigenvalue weighted by molar-refractivity contribution is -0.140. The van der Waals surface area contributed by atoms with Gasteiger partial charge in [0, 0.05) is 13.6 Å². The lowest BCUT2D eigenvalue weighted by Gasteiger charge is -2.21. The number of nitrogens with one attached hydrogen (secondary N) is 1. The second kappa shape index (κ2) is 6.87. The third kappa shape index (κ3) is 6.77. The van der Waals surface area contributed by atoms with Crippen molar-refractivity contribution in [3.05, 3.63) is 12.7 Å². The van der Waals surface area contributed by atoms with Crippen molar-refractivity contribution in [1.82, 2.24) is 10.2 Å². The standard InChI is InChI=1S/C10H15F3N2O3/c1-3-4-7(8(16)17)14-9(18)15(2)6-5-10(11,12)13/h3,7H,1,4-6H2,2H3,(H,14,18)(H,16,17). The van der Waals surface area contributed by atoms with Gasteiger partial charge in [0.25, 0.3) is 0 Å². The van der Waals surface area contributed by atoms with Crippen molar-refractivity contribution in [2.75, 3.05) is 13.6 Å². The van der Waals surface area contributed by atoms with E-state index >= 15 is 0 Å². The molecule has 0 rings (SSSR count). The Balaban J connectivity index is 4.28. The molecule has 0 fully saturated rings. The number of carboxylic acids is 1. The molecular weight excluding hydrogens is 253 g/mol. The van der Waals surface area contributed by atoms with Gasteiger partial charge in [-0.05, 0) is 6.42 Å². The normalized spacial score (nSPS) is 12.7. The van der Waals surface area contributed by atoms with Gasteiger partial charge >= 0.3 is 18.2 Å². The Morgan fingerprint density at radius 3 is 2.44 bits per heavy atom. The highest BCUT2D eigenvalue weighted by Gasteiger charge is 2.28. The number of carboxylic acid groups (broad SMARTS) is 1. The highest BCUT2D eigenvalue weighted by molar-refractivity contribution is 5.82. The van der Waals surface area contributed by atoms with Crippen LogP contribution in [0.15, 0.2) is 12.7 Å². The van der Waals surface area contributed by atoms with Gasteiger partial charge in [0.1, 0.15) is 6.04 Å². The van der Waals surface area contributed by atoms with Crippen LogP contribution in [0.1, 0.15) is 12.8 Å². The van der Waals surface area contributed by atoms with E-state index in [0.717, 1.165) is 11.9 Å². The van der Waals surface area contributed by atoms with Crippen molar-refractivity contribution in [3.8, 4) is 0 Å². The molecule has 0 bridgehead atoms. The van der Waals surface area contributed by atoms with E-state index in [9.17, 15) is 22.8 Å². The summed E-state index contributed by atoms with van der Waals surface area (Å²) >= 11 is 0. The summed E-state index contributed by atoms with van der Waals surface area (Å²) in [7, 11) is 1.16. The van der Waals surface area contributed by atoms with Crippen molar-refractivity contribution in [3.63, 3.8) is 0 Å². The molecule has 0 aromatic heterocycles. The molecule has 0 heterocycles. The molecule has 2 N–H and O–H groups in total. The molecule has 1 atom stereocenters. The summed E-state index contributed by atoms with van der Waals surface area (Å²) in [5.74, 6) is -1.27. The molecule has 2 amide bonds. The molecule has 0 aliphatic carbocycles. The molecule has 0 spiro atoms. The number of carbonyl (C=O) groups is 2. The van der Waals surface area contributed by atoms with Gasteiger partial charge in [-0.25, -0.2) is 9.59 Å². The maximum absolute atomic E-state index is 11.9. The van der Waals surface area contributed by atoms with Crippen LogP contribution in [0.4, 0.5) is 18.0 Å². The predicted octanol–water partition coefficient (Wildman–Crippen LogP) is 1.61. The van der Waals surface area contributed by atoms with Crippen LogP contribution in [0.5, 0.6) is 0 Å². The molecule has 5 nitrogen and oxygen atoms in total. The summed E-state index contributed by atoms with van der Waals surface area (Å²) in [4.78, 5) is 22.9. The first-order chi connectivity index (χ1) is 8.17. The molecule has 0 radical (unpaired) electrons. The number of carbonyl (C=O) groups excluding carboxylic acids is 1. The van der Waals surface area contributed by atoms with E-state index in [1.54, 1.807) is 0 Å². The Morgan fingerprint density at radius 2 is 2.06 bits per heavy atom. The van der Waals surface area contributed by atoms with Crippen LogP contribution in [0.25, 0.3) is 0 Å². The van der Waals surface area contributed by atoms with E-state index in [4.69, 9.17) is 5.11 Å². The van der Waals surface area contributed by atoms with Crippen molar-refractivity contribution in [1.29, 1.82) is 0 Å². The van der Waals surface area contributed by atoms with E-state index < -0.39 is 37.2 Å². The Kier molecular flexibility index (Phi) is 6.21. The lowest BCUT2D eigenvalue weighted by Crippen LogP contribution is -2.47. The van der Waals surface area contributed by atoms with Crippen molar-refractivity contribution >= 4 is 12.0 Å². The van der Waals surface area contributed by atoms with Gasteiger partial charge in [-0.15, -0.1) is 6.58 Å². The molecule has 0 aromatic rings. The number of nitrogens with zero attached hydrogens (tertiary/aromatic N) is 1. The van der Waals surface area contributed by atoms with Gasteiger partial charge in [-0.2, -0.15) is 13.2 Å². The number of amides is 2. The molecule has 1 unspecified atom stereocenters. The fraction of sp³-hybridized carbons (Fsp3) is 0.600. The minimum Gasteiger partial charge on any atom is -0.480 e. The van der Waals surface area contributed by atoms with Crippen LogP contribution < -0.4 is 5.32 Å². The van der Waals surface area contributed by atoms with Crippen LogP contribution in [-0.2, 0) is 4.79 Å². The number of rotatable bonds is 6. The van der Waals surface area contributed by atoms with Crippen LogP contribution >= 0.6 is 0 Å². The smallest absolute Gasteiger partial charge is 0.390 e. The molecule has 104 valence electrons. The predicted molar refractivity (Wildman–Crippen MR) is 58.1 cm³/mol. The average Bonchev–Trinajstić information content (AvgIpc) is 2.23. The zero-order chi connectivity index (χ0) is 14.3. The monoisotopic (exact) mass is 268 g/mol. The summed E-state index contributed by atoms with van der Waals surface area (Å²) < 4.78 is 35.8. The number of hydrogen-bond donors (Lipinski definition) is 2. The van der Waals surface area contributed by atoms with E-state index in [1.165, 1.54) is 6.08 Å². The molecule has 0 saturated heterocycles. The molecule has 18 heavy (non-hydrogen) atoms. The summed E-state index contributed by atoms with van der Waals surface area (Å²) in [6.07, 6.45) is -4.21. The minimum atomic E-state index is -4.36. The highest BCUT2D eigenvalue weighted by atomic mass is 19.4. The highest BCUT2D eigenvalue weighted by Crippen LogP contribution is 2.19. The van der Waals surface area contributed by atoms with E-state index in [2.05, 4.69) is 11.9 Å². The number of hydrogen-bond acceptors (Lipinski definition) is 2. The van der Waals surface area contributed by atoms with Gasteiger partial charge in [-0.3, -0.25) is 0 Å². The third-order valence-corrected chi connectivity index (χ3v) is 2.08. The van der Waals surface area contributed by atoms with Crippen LogP contribution in [0.2, 0.25) is 0 Å². The summed E-state index contributed by atoms with van der Waals surface area (Å²) in [6.45, 7) is 2.79. The van der Waals surface area contributed by atoms with E-state index in [0.29, 0.717) is 0 Å². The maximum Gasteiger partial charge on any atom is 0.390 e. The maximum atomic E-state index is 11.9. The van der Waals surface area contributed by atoms with Gasteiger partial charge < -0.3 is 15.3 Å². The Morgan fingerprint density at radius 1 is 1.50 bits per heavy atom. The molecule has 0 saturated carbocycles. The van der Waals surface area contributed by atoms with E-state index in [1.807, 2.05) is 0 Å². The fourth-order valence-electron chi connectivity index (χ4n) is 1.04. The molecular formula is C10H15F3N2O3. The quantitative estimate of drug-likeness (QED) is 0.719. The topological polar surface area (TPSA) is 69.6 Å². The SMILES string of the molecule is C=CCC(NC(=O)N(C)CCC(F)(F)F)C(=O)O. The van der Waals surface area contributed by atoms with Gasteiger partial charge in [0.15, 0.2) is 0 Å². The van der Waals surface area contributed by atoms with Crippen molar-refractivity contribution in [2.24, 2.45) is 0 Å². The first-order valence-corrected chi connectivity index (χ1v) is 5.09. The Bertz CT molecular complexity index is 318. The second-order valence-electron chi connectivity index (χ2n) is 3.65. The van der Waals surface area contributed by atoms with Crippen LogP contribution in [-0.4, -0.2) is 47.8 Å². The number of urea groups is 1. The Hall–Kier alpha value is -1.73. The summed E-state index contributed by atoms with van der Waals surface area (Å²) in [6, 6.07) is -2.06. The van der Waals surface area contributed by atoms with Crippen LogP contribution in [0, 0.1) is 0 Å². The van der Waals surface area contributed by atoms with Crippen molar-refractivity contribution in [2.45, 2.75) is 25.1 Å². The first kappa shape index (κ1) is 16.3. The van der Waals surface area contributed by atoms with Gasteiger partial charge in [0.05, 0.1) is 6.42 Å². The number of alkyl halides is 3. The van der Waals surface area contributed by atoms with E-state index in [-0.39, 0.29) is 6.42 Å². The largest absolute Gasteiger partial charge is 0.480 e. The minimum absolute atomic E-state index is 0.00577. The summed E-state index contributed by atoms with van der Waals surface area (Å²) in [5, 5.41) is 10.8. The zero-order valence-corrected chi connectivity index (χ0v) is 9.83. The Labute approximate surface area is 102 Å².